The zero-order valence-corrected chi connectivity index (χ0v) is 17.0. The highest BCUT2D eigenvalue weighted by atomic mass is 16.5. The third-order valence-electron chi connectivity index (χ3n) is 4.53. The van der Waals surface area contributed by atoms with E-state index in [9.17, 15) is 19.5 Å². The molecule has 0 aliphatic carbocycles. The van der Waals surface area contributed by atoms with Gasteiger partial charge in [-0.05, 0) is 41.3 Å². The van der Waals surface area contributed by atoms with Crippen molar-refractivity contribution in [1.82, 2.24) is 4.90 Å². The smallest absolute Gasteiger partial charge is 0.261 e. The van der Waals surface area contributed by atoms with Crippen LogP contribution in [0.4, 0.5) is 0 Å². The first kappa shape index (κ1) is 21.1. The number of hydrogen-bond donors (Lipinski definition) is 0. The Hall–Kier alpha value is -3.61. The Morgan fingerprint density at radius 2 is 1.77 bits per heavy atom. The molecule has 0 saturated heterocycles. The number of rotatable bonds is 7. The Bertz CT molecular complexity index is 1020. The number of carbonyl (C=O) groups excluding carboxylic acids is 3. The average Bonchev–Trinajstić information content (AvgIpc) is 2.72. The maximum atomic E-state index is 12.9. The van der Waals surface area contributed by atoms with Gasteiger partial charge >= 0.3 is 0 Å². The molecule has 0 atom stereocenters. The molecule has 2 amide bonds. The van der Waals surface area contributed by atoms with Crippen LogP contribution in [-0.2, 0) is 9.59 Å². The lowest BCUT2D eigenvalue weighted by molar-refractivity contribution is -0.305. The van der Waals surface area contributed by atoms with Crippen LogP contribution in [0.25, 0.3) is 11.6 Å². The summed E-state index contributed by atoms with van der Waals surface area (Å²) in [5.74, 6) is -1.43. The highest BCUT2D eigenvalue weighted by Gasteiger charge is 2.34. The molecule has 0 saturated carbocycles. The molecule has 0 N–H and O–H groups in total. The van der Waals surface area contributed by atoms with Gasteiger partial charge in [-0.2, -0.15) is 0 Å². The van der Waals surface area contributed by atoms with Crippen LogP contribution in [0, 0.1) is 5.92 Å². The van der Waals surface area contributed by atoms with E-state index in [2.05, 4.69) is 0 Å². The maximum Gasteiger partial charge on any atom is 0.261 e. The number of benzene rings is 2. The minimum Gasteiger partial charge on any atom is -0.548 e. The van der Waals surface area contributed by atoms with E-state index in [1.807, 2.05) is 13.8 Å². The fraction of sp³-hybridized carbons (Fsp3) is 0.261. The van der Waals surface area contributed by atoms with E-state index in [1.165, 1.54) is 7.11 Å². The van der Waals surface area contributed by atoms with Crippen LogP contribution in [-0.4, -0.2) is 42.9 Å². The summed E-state index contributed by atoms with van der Waals surface area (Å²) in [6, 6.07) is 11.8. The van der Waals surface area contributed by atoms with Crippen LogP contribution >= 0.6 is 0 Å². The number of ether oxygens (including phenoxy) is 2. The van der Waals surface area contributed by atoms with Gasteiger partial charge in [0.2, 0.25) is 0 Å². The topological polar surface area (TPSA) is 96.0 Å². The van der Waals surface area contributed by atoms with Crippen molar-refractivity contribution in [2.24, 2.45) is 5.92 Å². The third kappa shape index (κ3) is 4.35. The predicted molar refractivity (Wildman–Crippen MR) is 109 cm³/mol. The van der Waals surface area contributed by atoms with Gasteiger partial charge in [-0.1, -0.05) is 38.1 Å². The summed E-state index contributed by atoms with van der Waals surface area (Å²) in [4.78, 5) is 37.3. The lowest BCUT2D eigenvalue weighted by Gasteiger charge is -2.28. The predicted octanol–water partition coefficient (Wildman–Crippen LogP) is 2.00. The Kier molecular flexibility index (Phi) is 6.20. The number of aliphatic carboxylic acids is 1. The first-order valence-corrected chi connectivity index (χ1v) is 9.49. The molecule has 156 valence electrons. The highest BCUT2D eigenvalue weighted by Crippen LogP contribution is 2.33. The van der Waals surface area contributed by atoms with Crippen LogP contribution in [0.3, 0.4) is 0 Å². The molecular weight excluding hydrogens is 386 g/mol. The van der Waals surface area contributed by atoms with Crippen LogP contribution in [0.15, 0.2) is 42.5 Å². The second-order valence-electron chi connectivity index (χ2n) is 7.29. The lowest BCUT2D eigenvalue weighted by atomic mass is 9.92. The number of hydrogen-bond acceptors (Lipinski definition) is 6. The summed E-state index contributed by atoms with van der Waals surface area (Å²) in [6.07, 6.45) is 1.60. The van der Waals surface area contributed by atoms with Crippen molar-refractivity contribution < 1.29 is 29.0 Å². The molecule has 1 heterocycles. The van der Waals surface area contributed by atoms with Crippen molar-refractivity contribution >= 4 is 29.4 Å². The van der Waals surface area contributed by atoms with E-state index < -0.39 is 24.3 Å². The van der Waals surface area contributed by atoms with Crippen molar-refractivity contribution in [3.05, 3.63) is 59.2 Å². The second-order valence-corrected chi connectivity index (χ2v) is 7.29. The maximum absolute atomic E-state index is 12.9. The van der Waals surface area contributed by atoms with E-state index in [0.717, 1.165) is 0 Å². The van der Waals surface area contributed by atoms with Crippen molar-refractivity contribution in [3.8, 4) is 11.5 Å². The van der Waals surface area contributed by atoms with Crippen molar-refractivity contribution in [2.75, 3.05) is 20.3 Å². The largest absolute Gasteiger partial charge is 0.548 e. The number of amides is 2. The number of fused-ring (bicyclic) bond motifs is 1. The summed E-state index contributed by atoms with van der Waals surface area (Å²) in [7, 11) is 1.52. The average molecular weight is 408 g/mol. The van der Waals surface area contributed by atoms with Crippen LogP contribution in [0.2, 0.25) is 0 Å². The molecule has 30 heavy (non-hydrogen) atoms. The molecule has 0 spiro atoms. The molecule has 3 rings (SSSR count). The molecule has 0 aromatic heterocycles. The summed E-state index contributed by atoms with van der Waals surface area (Å²) >= 11 is 0. The minimum absolute atomic E-state index is 0.212. The van der Waals surface area contributed by atoms with Gasteiger partial charge in [0, 0.05) is 11.1 Å². The number of methoxy groups -OCH3 is 1. The summed E-state index contributed by atoms with van der Waals surface area (Å²) in [5, 5.41) is 11.1. The Morgan fingerprint density at radius 1 is 1.07 bits per heavy atom. The van der Waals surface area contributed by atoms with Crippen molar-refractivity contribution in [1.29, 1.82) is 0 Å². The van der Waals surface area contributed by atoms with E-state index in [4.69, 9.17) is 9.47 Å². The zero-order valence-electron chi connectivity index (χ0n) is 17.0. The third-order valence-corrected chi connectivity index (χ3v) is 4.53. The normalized spacial score (nSPS) is 14.8. The zero-order chi connectivity index (χ0) is 21.8. The number of carboxylic acid groups (broad SMARTS) is 1. The van der Waals surface area contributed by atoms with Gasteiger partial charge in [-0.15, -0.1) is 0 Å². The molecule has 2 aromatic rings. The van der Waals surface area contributed by atoms with Gasteiger partial charge in [0.05, 0.1) is 26.2 Å². The first-order chi connectivity index (χ1) is 14.3. The number of imide groups is 1. The molecule has 0 fully saturated rings. The molecule has 7 heteroatoms. The molecule has 7 nitrogen and oxygen atoms in total. The quantitative estimate of drug-likeness (QED) is 0.514. The van der Waals surface area contributed by atoms with Gasteiger partial charge in [0.1, 0.15) is 0 Å². The standard InChI is InChI=1S/C23H23NO6/c1-14(2)13-30-19-9-8-15(11-20(19)29-3)10-18-16-6-4-5-7-17(16)22(27)24(23(18)28)12-21(25)26/h4-11,14H,12-13H2,1-3H3,(H,25,26)/p-1/b18-10-. The summed E-state index contributed by atoms with van der Waals surface area (Å²) < 4.78 is 11.2. The SMILES string of the molecule is COc1cc(/C=C2\C(=O)N(CC(=O)[O-])C(=O)c3ccccc32)ccc1OCC(C)C. The second kappa shape index (κ2) is 8.82. The minimum atomic E-state index is -1.51. The fourth-order valence-corrected chi connectivity index (χ4v) is 3.13. The van der Waals surface area contributed by atoms with E-state index in [-0.39, 0.29) is 11.1 Å². The molecule has 0 radical (unpaired) electrons. The molecule has 0 unspecified atom stereocenters. The van der Waals surface area contributed by atoms with E-state index in [0.29, 0.717) is 40.1 Å². The van der Waals surface area contributed by atoms with Crippen LogP contribution < -0.4 is 14.6 Å². The van der Waals surface area contributed by atoms with Crippen molar-refractivity contribution in [3.63, 3.8) is 0 Å². The van der Waals surface area contributed by atoms with Gasteiger partial charge in [-0.25, -0.2) is 0 Å². The van der Waals surface area contributed by atoms with Gasteiger partial charge in [-0.3, -0.25) is 14.5 Å². The number of carboxylic acids is 1. The molecular formula is C23H22NO6-. The first-order valence-electron chi connectivity index (χ1n) is 9.49. The van der Waals surface area contributed by atoms with E-state index >= 15 is 0 Å². The fourth-order valence-electron chi connectivity index (χ4n) is 3.13. The lowest BCUT2D eigenvalue weighted by Crippen LogP contribution is -2.47. The van der Waals surface area contributed by atoms with Gasteiger partial charge < -0.3 is 19.4 Å². The molecule has 1 aliphatic rings. The molecule has 2 aromatic carbocycles. The van der Waals surface area contributed by atoms with Gasteiger partial charge in [0.25, 0.3) is 11.8 Å². The van der Waals surface area contributed by atoms with Crippen LogP contribution in [0.5, 0.6) is 11.5 Å². The van der Waals surface area contributed by atoms with E-state index in [1.54, 1.807) is 48.5 Å². The van der Waals surface area contributed by atoms with Crippen LogP contribution in [0.1, 0.15) is 35.3 Å². The molecule has 0 bridgehead atoms. The Balaban J connectivity index is 2.04. The van der Waals surface area contributed by atoms with Crippen molar-refractivity contribution in [2.45, 2.75) is 13.8 Å². The number of carbonyl (C=O) groups is 3. The summed E-state index contributed by atoms with van der Waals surface area (Å²) in [5.41, 5.74) is 1.56. The highest BCUT2D eigenvalue weighted by molar-refractivity contribution is 6.34. The summed E-state index contributed by atoms with van der Waals surface area (Å²) in [6.45, 7) is 3.80. The Labute approximate surface area is 174 Å². The van der Waals surface area contributed by atoms with Gasteiger partial charge in [0.15, 0.2) is 11.5 Å². The molecule has 1 aliphatic heterocycles. The Morgan fingerprint density at radius 3 is 2.40 bits per heavy atom. The number of nitrogens with zero attached hydrogens (tertiary/aromatic N) is 1. The monoisotopic (exact) mass is 408 g/mol.